The first-order valence-electron chi connectivity index (χ1n) is 10.3. The molecule has 0 amide bonds. The molecule has 1 saturated heterocycles. The van der Waals surface area contributed by atoms with Crippen LogP contribution in [0.1, 0.15) is 19.5 Å². The molecule has 7 heteroatoms. The molecule has 7 nitrogen and oxygen atoms in total. The van der Waals surface area contributed by atoms with Crippen molar-refractivity contribution in [2.24, 2.45) is 7.05 Å². The average molecular weight is 403 g/mol. The Hall–Kier alpha value is -3.19. The summed E-state index contributed by atoms with van der Waals surface area (Å²) in [6.07, 6.45) is 1.92. The summed E-state index contributed by atoms with van der Waals surface area (Å²) in [7, 11) is 1.87. The number of aromatic hydroxyl groups is 1. The molecule has 4 aromatic rings. The lowest BCUT2D eigenvalue weighted by atomic mass is 10.1. The highest BCUT2D eigenvalue weighted by Gasteiger charge is 2.22. The first-order valence-corrected chi connectivity index (χ1v) is 10.3. The zero-order valence-electron chi connectivity index (χ0n) is 17.7. The maximum Gasteiger partial charge on any atom is 0.163 e. The number of piperazine rings is 1. The molecule has 1 aliphatic rings. The summed E-state index contributed by atoms with van der Waals surface area (Å²) in [5.41, 5.74) is 4.35. The van der Waals surface area contributed by atoms with Gasteiger partial charge in [-0.05, 0) is 45.0 Å². The van der Waals surface area contributed by atoms with Crippen LogP contribution in [-0.2, 0) is 7.05 Å². The Morgan fingerprint density at radius 1 is 1.03 bits per heavy atom. The highest BCUT2D eigenvalue weighted by Crippen LogP contribution is 2.33. The van der Waals surface area contributed by atoms with E-state index in [0.717, 1.165) is 40.6 Å². The molecule has 5 rings (SSSR count). The third kappa shape index (κ3) is 3.25. The number of nitrogens with zero attached hydrogens (tertiary/aromatic N) is 5. The standard InChI is InChI=1S/C23H26N6O/c1-13-10-29(11-14(2)24-13)17-5-6-20-18(8-17)15(3)25-23(26-20)19-7-16-12-28(4)27-21(16)9-22(19)30/h5-9,12-14,24,30H,10-11H2,1-4H3/t13-,14-/m0/s1. The predicted molar refractivity (Wildman–Crippen MR) is 120 cm³/mol. The van der Waals surface area contributed by atoms with Crippen LogP contribution in [0.5, 0.6) is 5.75 Å². The summed E-state index contributed by atoms with van der Waals surface area (Å²) in [6.45, 7) is 8.39. The van der Waals surface area contributed by atoms with Gasteiger partial charge in [0, 0.05) is 66.6 Å². The van der Waals surface area contributed by atoms with Crippen LogP contribution in [0.2, 0.25) is 0 Å². The van der Waals surface area contributed by atoms with Crippen molar-refractivity contribution in [2.45, 2.75) is 32.9 Å². The van der Waals surface area contributed by atoms with Crippen LogP contribution in [0.4, 0.5) is 5.69 Å². The number of hydrogen-bond acceptors (Lipinski definition) is 6. The van der Waals surface area contributed by atoms with E-state index in [-0.39, 0.29) is 5.75 Å². The molecular formula is C23H26N6O. The van der Waals surface area contributed by atoms with E-state index in [1.54, 1.807) is 10.7 Å². The van der Waals surface area contributed by atoms with Crippen LogP contribution in [0, 0.1) is 6.92 Å². The van der Waals surface area contributed by atoms with Gasteiger partial charge in [-0.15, -0.1) is 0 Å². The van der Waals surface area contributed by atoms with Crippen molar-refractivity contribution in [1.82, 2.24) is 25.1 Å². The zero-order chi connectivity index (χ0) is 21.0. The van der Waals surface area contributed by atoms with Crippen LogP contribution in [0.15, 0.2) is 36.5 Å². The van der Waals surface area contributed by atoms with E-state index >= 15 is 0 Å². The topological polar surface area (TPSA) is 79.1 Å². The van der Waals surface area contributed by atoms with Crippen LogP contribution in [0.3, 0.4) is 0 Å². The van der Waals surface area contributed by atoms with E-state index in [1.165, 1.54) is 5.69 Å². The van der Waals surface area contributed by atoms with Crippen LogP contribution in [0.25, 0.3) is 33.2 Å². The first kappa shape index (κ1) is 18.8. The Bertz CT molecular complexity index is 1250. The van der Waals surface area contributed by atoms with Crippen molar-refractivity contribution < 1.29 is 5.11 Å². The lowest BCUT2D eigenvalue weighted by molar-refractivity contribution is 0.407. The van der Waals surface area contributed by atoms with Gasteiger partial charge in [0.05, 0.1) is 16.6 Å². The van der Waals surface area contributed by atoms with Gasteiger partial charge in [-0.2, -0.15) is 5.10 Å². The fourth-order valence-corrected chi connectivity index (χ4v) is 4.49. The molecule has 3 heterocycles. The molecule has 2 N–H and O–H groups in total. The minimum absolute atomic E-state index is 0.139. The van der Waals surface area contributed by atoms with E-state index in [2.05, 4.69) is 47.4 Å². The Kier molecular flexibility index (Phi) is 4.36. The third-order valence-electron chi connectivity index (χ3n) is 5.77. The van der Waals surface area contributed by atoms with Crippen LogP contribution in [-0.4, -0.2) is 50.0 Å². The summed E-state index contributed by atoms with van der Waals surface area (Å²) in [5.74, 6) is 0.667. The zero-order valence-corrected chi connectivity index (χ0v) is 17.7. The molecule has 154 valence electrons. The number of nitrogens with one attached hydrogen (secondary N) is 1. The molecule has 2 aromatic heterocycles. The largest absolute Gasteiger partial charge is 0.507 e. The quantitative estimate of drug-likeness (QED) is 0.535. The molecule has 0 unspecified atom stereocenters. The number of hydrogen-bond donors (Lipinski definition) is 2. The van der Waals surface area contributed by atoms with Crippen LogP contribution < -0.4 is 10.2 Å². The molecule has 0 radical (unpaired) electrons. The molecule has 30 heavy (non-hydrogen) atoms. The van der Waals surface area contributed by atoms with Crippen molar-refractivity contribution in [3.63, 3.8) is 0 Å². The van der Waals surface area contributed by atoms with E-state index in [1.807, 2.05) is 26.2 Å². The maximum absolute atomic E-state index is 10.6. The number of anilines is 1. The molecular weight excluding hydrogens is 376 g/mol. The monoisotopic (exact) mass is 402 g/mol. The number of phenols is 1. The van der Waals surface area contributed by atoms with E-state index in [4.69, 9.17) is 9.97 Å². The van der Waals surface area contributed by atoms with Gasteiger partial charge < -0.3 is 15.3 Å². The number of rotatable bonds is 2. The van der Waals surface area contributed by atoms with Gasteiger partial charge >= 0.3 is 0 Å². The van der Waals surface area contributed by atoms with Gasteiger partial charge in [-0.1, -0.05) is 0 Å². The number of fused-ring (bicyclic) bond motifs is 2. The number of benzene rings is 2. The third-order valence-corrected chi connectivity index (χ3v) is 5.77. The Labute approximate surface area is 175 Å². The summed E-state index contributed by atoms with van der Waals surface area (Å²) >= 11 is 0. The van der Waals surface area contributed by atoms with Crippen molar-refractivity contribution in [1.29, 1.82) is 0 Å². The fourth-order valence-electron chi connectivity index (χ4n) is 4.49. The lowest BCUT2D eigenvalue weighted by Crippen LogP contribution is -2.54. The SMILES string of the molecule is Cc1nc(-c2cc3cn(C)nc3cc2O)nc2ccc(N3C[C@H](C)N[C@@H](C)C3)cc12. The minimum atomic E-state index is 0.139. The molecule has 1 aliphatic heterocycles. The highest BCUT2D eigenvalue weighted by molar-refractivity contribution is 5.89. The summed E-state index contributed by atoms with van der Waals surface area (Å²) in [6, 6.07) is 10.8. The smallest absolute Gasteiger partial charge is 0.163 e. The van der Waals surface area contributed by atoms with Crippen molar-refractivity contribution in [3.05, 3.63) is 42.2 Å². The van der Waals surface area contributed by atoms with Crippen molar-refractivity contribution in [3.8, 4) is 17.1 Å². The molecule has 0 aliphatic carbocycles. The summed E-state index contributed by atoms with van der Waals surface area (Å²) < 4.78 is 1.74. The second-order valence-electron chi connectivity index (χ2n) is 8.44. The molecule has 0 spiro atoms. The van der Waals surface area contributed by atoms with E-state index < -0.39 is 0 Å². The predicted octanol–water partition coefficient (Wildman–Crippen LogP) is 3.38. The number of aromatic nitrogens is 4. The van der Waals surface area contributed by atoms with Crippen molar-refractivity contribution >= 4 is 27.5 Å². The highest BCUT2D eigenvalue weighted by atomic mass is 16.3. The van der Waals surface area contributed by atoms with E-state index in [9.17, 15) is 5.11 Å². The van der Waals surface area contributed by atoms with Gasteiger partial charge in [-0.3, -0.25) is 4.68 Å². The normalized spacial score (nSPS) is 19.7. The second-order valence-corrected chi connectivity index (χ2v) is 8.44. The Morgan fingerprint density at radius 2 is 1.80 bits per heavy atom. The second kappa shape index (κ2) is 6.95. The Balaban J connectivity index is 1.57. The molecule has 2 aromatic carbocycles. The average Bonchev–Trinajstić information content (AvgIpc) is 3.05. The Morgan fingerprint density at radius 3 is 2.57 bits per heavy atom. The van der Waals surface area contributed by atoms with E-state index in [0.29, 0.717) is 23.5 Å². The maximum atomic E-state index is 10.6. The summed E-state index contributed by atoms with van der Waals surface area (Å²) in [5, 5.41) is 20.5. The lowest BCUT2D eigenvalue weighted by Gasteiger charge is -2.37. The molecule has 2 atom stereocenters. The van der Waals surface area contributed by atoms with Crippen LogP contribution >= 0.6 is 0 Å². The van der Waals surface area contributed by atoms with Gasteiger partial charge in [0.1, 0.15) is 5.75 Å². The van der Waals surface area contributed by atoms with Gasteiger partial charge in [0.25, 0.3) is 0 Å². The van der Waals surface area contributed by atoms with Gasteiger partial charge in [0.15, 0.2) is 5.82 Å². The first-order chi connectivity index (χ1) is 14.4. The minimum Gasteiger partial charge on any atom is -0.507 e. The summed E-state index contributed by atoms with van der Waals surface area (Å²) in [4.78, 5) is 11.9. The molecule has 1 fully saturated rings. The fraction of sp³-hybridized carbons (Fsp3) is 0.348. The number of phenolic OH excluding ortho intramolecular Hbond substituents is 1. The van der Waals surface area contributed by atoms with Crippen molar-refractivity contribution in [2.75, 3.05) is 18.0 Å². The number of aryl methyl sites for hydroxylation is 2. The van der Waals surface area contributed by atoms with Gasteiger partial charge in [0.2, 0.25) is 0 Å². The molecule has 0 bridgehead atoms. The van der Waals surface area contributed by atoms with Gasteiger partial charge in [-0.25, -0.2) is 9.97 Å². The molecule has 0 saturated carbocycles.